The zero-order valence-corrected chi connectivity index (χ0v) is 16.3. The Labute approximate surface area is 160 Å². The summed E-state index contributed by atoms with van der Waals surface area (Å²) in [6, 6.07) is 6.60. The van der Waals surface area contributed by atoms with E-state index in [2.05, 4.69) is 5.32 Å². The molecule has 0 saturated carbocycles. The van der Waals surface area contributed by atoms with Crippen LogP contribution in [-0.4, -0.2) is 28.5 Å². The molecule has 7 nitrogen and oxygen atoms in total. The molecule has 0 aliphatic rings. The van der Waals surface area contributed by atoms with Crippen molar-refractivity contribution in [2.75, 3.05) is 19.5 Å². The lowest BCUT2D eigenvalue weighted by atomic mass is 10.3. The second kappa shape index (κ2) is 8.03. The Bertz CT molecular complexity index is 946. The smallest absolute Gasteiger partial charge is 0.343 e. The Morgan fingerprint density at radius 2 is 1.65 bits per heavy atom. The molecule has 0 fully saturated rings. The van der Waals surface area contributed by atoms with Crippen LogP contribution in [0.4, 0.5) is 5.69 Å². The number of halogens is 2. The standard InChI is InChI=1S/C16H15Cl2NO6S/c1-9(20)19-12-6-10(17)4-5-13(12)25-26(21,22)16-8-14(23-2)11(18)7-15(16)24-3/h4-8H,1-3H3,(H,19,20). The Kier molecular flexibility index (Phi) is 6.22. The molecule has 26 heavy (non-hydrogen) atoms. The number of rotatable bonds is 6. The number of hydrogen-bond donors (Lipinski definition) is 1. The van der Waals surface area contributed by atoms with Crippen molar-refractivity contribution in [1.82, 2.24) is 0 Å². The number of anilines is 1. The van der Waals surface area contributed by atoms with Crippen molar-refractivity contribution in [2.45, 2.75) is 11.8 Å². The van der Waals surface area contributed by atoms with E-state index in [-0.39, 0.29) is 32.9 Å². The summed E-state index contributed by atoms with van der Waals surface area (Å²) in [5, 5.41) is 2.93. The molecule has 2 aromatic rings. The van der Waals surface area contributed by atoms with Gasteiger partial charge in [0.15, 0.2) is 10.6 Å². The van der Waals surface area contributed by atoms with Gasteiger partial charge in [-0.25, -0.2) is 0 Å². The summed E-state index contributed by atoms with van der Waals surface area (Å²) < 4.78 is 40.8. The molecule has 10 heteroatoms. The van der Waals surface area contributed by atoms with Gasteiger partial charge in [0, 0.05) is 24.1 Å². The van der Waals surface area contributed by atoms with Gasteiger partial charge in [-0.05, 0) is 18.2 Å². The van der Waals surface area contributed by atoms with Crippen molar-refractivity contribution in [3.63, 3.8) is 0 Å². The van der Waals surface area contributed by atoms with Crippen molar-refractivity contribution in [1.29, 1.82) is 0 Å². The summed E-state index contributed by atoms with van der Waals surface area (Å²) >= 11 is 11.9. The Balaban J connectivity index is 2.52. The van der Waals surface area contributed by atoms with Crippen LogP contribution in [0.25, 0.3) is 0 Å². The molecule has 0 bridgehead atoms. The van der Waals surface area contributed by atoms with Crippen molar-refractivity contribution >= 4 is 44.9 Å². The molecule has 0 unspecified atom stereocenters. The molecule has 2 aromatic carbocycles. The van der Waals surface area contributed by atoms with Crippen LogP contribution in [0.1, 0.15) is 6.92 Å². The first kappa shape index (κ1) is 20.2. The number of methoxy groups -OCH3 is 2. The van der Waals surface area contributed by atoms with E-state index in [1.807, 2.05) is 0 Å². The number of ether oxygens (including phenoxy) is 2. The van der Waals surface area contributed by atoms with Gasteiger partial charge in [0.25, 0.3) is 0 Å². The molecular formula is C16H15Cl2NO6S. The number of benzene rings is 2. The molecule has 0 spiro atoms. The van der Waals surface area contributed by atoms with Crippen LogP contribution in [0.15, 0.2) is 35.2 Å². The highest BCUT2D eigenvalue weighted by atomic mass is 35.5. The molecule has 1 N–H and O–H groups in total. The molecule has 140 valence electrons. The van der Waals surface area contributed by atoms with Crippen LogP contribution in [0.2, 0.25) is 10.0 Å². The minimum Gasteiger partial charge on any atom is -0.495 e. The number of nitrogens with one attached hydrogen (secondary N) is 1. The Morgan fingerprint density at radius 3 is 2.23 bits per heavy atom. The molecule has 0 aromatic heterocycles. The SMILES string of the molecule is COc1cc(S(=O)(=O)Oc2ccc(Cl)cc2NC(C)=O)c(OC)cc1Cl. The van der Waals surface area contributed by atoms with Crippen molar-refractivity contribution in [3.05, 3.63) is 40.4 Å². The highest BCUT2D eigenvalue weighted by Crippen LogP contribution is 2.37. The topological polar surface area (TPSA) is 90.9 Å². The van der Waals surface area contributed by atoms with Gasteiger partial charge in [0.2, 0.25) is 5.91 Å². The summed E-state index contributed by atoms with van der Waals surface area (Å²) in [7, 11) is -1.69. The van der Waals surface area contributed by atoms with Crippen LogP contribution in [0.5, 0.6) is 17.2 Å². The van der Waals surface area contributed by atoms with Crippen molar-refractivity contribution < 1.29 is 26.9 Å². The van der Waals surface area contributed by atoms with Gasteiger partial charge >= 0.3 is 10.1 Å². The highest BCUT2D eigenvalue weighted by molar-refractivity contribution is 7.87. The minimum atomic E-state index is -4.33. The van der Waals surface area contributed by atoms with Gasteiger partial charge in [0.1, 0.15) is 11.5 Å². The monoisotopic (exact) mass is 419 g/mol. The van der Waals surface area contributed by atoms with Gasteiger partial charge in [0.05, 0.1) is 24.9 Å². The normalized spacial score (nSPS) is 11.0. The lowest BCUT2D eigenvalue weighted by Crippen LogP contribution is -2.14. The molecule has 1 amide bonds. The van der Waals surface area contributed by atoms with Crippen LogP contribution >= 0.6 is 23.2 Å². The molecule has 2 rings (SSSR count). The third-order valence-corrected chi connectivity index (χ3v) is 4.95. The quantitative estimate of drug-likeness (QED) is 0.717. The second-order valence-electron chi connectivity index (χ2n) is 5.00. The summed E-state index contributed by atoms with van der Waals surface area (Å²) in [6.07, 6.45) is 0. The highest BCUT2D eigenvalue weighted by Gasteiger charge is 2.26. The Morgan fingerprint density at radius 1 is 1.00 bits per heavy atom. The first-order valence-electron chi connectivity index (χ1n) is 7.11. The molecule has 0 saturated heterocycles. The summed E-state index contributed by atoms with van der Waals surface area (Å²) in [5.41, 5.74) is 0.105. The fourth-order valence-electron chi connectivity index (χ4n) is 2.05. The van der Waals surface area contributed by atoms with Crippen LogP contribution in [-0.2, 0) is 14.9 Å². The average Bonchev–Trinajstić information content (AvgIpc) is 2.56. The fraction of sp³-hybridized carbons (Fsp3) is 0.188. The number of hydrogen-bond acceptors (Lipinski definition) is 6. The number of carbonyl (C=O) groups excluding carboxylic acids is 1. The van der Waals surface area contributed by atoms with Crippen molar-refractivity contribution in [2.24, 2.45) is 0 Å². The lowest BCUT2D eigenvalue weighted by Gasteiger charge is -2.15. The van der Waals surface area contributed by atoms with E-state index < -0.39 is 16.0 Å². The molecule has 0 radical (unpaired) electrons. The average molecular weight is 420 g/mol. The fourth-order valence-corrected chi connectivity index (χ4v) is 3.57. The van der Waals surface area contributed by atoms with E-state index in [9.17, 15) is 13.2 Å². The zero-order chi connectivity index (χ0) is 19.5. The maximum atomic E-state index is 12.7. The van der Waals surface area contributed by atoms with E-state index in [0.717, 1.165) is 0 Å². The maximum Gasteiger partial charge on any atom is 0.343 e. The second-order valence-corrected chi connectivity index (χ2v) is 7.36. The summed E-state index contributed by atoms with van der Waals surface area (Å²) in [5.74, 6) is -0.417. The first-order chi connectivity index (χ1) is 12.2. The van der Waals surface area contributed by atoms with E-state index >= 15 is 0 Å². The predicted octanol–water partition coefficient (Wildman–Crippen LogP) is 3.74. The van der Waals surface area contributed by atoms with E-state index in [0.29, 0.717) is 5.02 Å². The molecular weight excluding hydrogens is 405 g/mol. The van der Waals surface area contributed by atoms with Gasteiger partial charge in [-0.2, -0.15) is 8.42 Å². The van der Waals surface area contributed by atoms with Crippen LogP contribution in [0.3, 0.4) is 0 Å². The van der Waals surface area contributed by atoms with E-state index in [1.54, 1.807) is 0 Å². The van der Waals surface area contributed by atoms with Gasteiger partial charge in [-0.1, -0.05) is 23.2 Å². The molecule has 0 heterocycles. The minimum absolute atomic E-state index is 0.0224. The first-order valence-corrected chi connectivity index (χ1v) is 9.27. The molecule has 0 aliphatic heterocycles. The van der Waals surface area contributed by atoms with Gasteiger partial charge in [-0.3, -0.25) is 4.79 Å². The van der Waals surface area contributed by atoms with E-state index in [4.69, 9.17) is 36.9 Å². The van der Waals surface area contributed by atoms with Gasteiger partial charge < -0.3 is 19.0 Å². The summed E-state index contributed by atoms with van der Waals surface area (Å²) in [6.45, 7) is 1.27. The van der Waals surface area contributed by atoms with Crippen LogP contribution in [0, 0.1) is 0 Å². The maximum absolute atomic E-state index is 12.7. The molecule has 0 aliphatic carbocycles. The largest absolute Gasteiger partial charge is 0.495 e. The predicted molar refractivity (Wildman–Crippen MR) is 98.1 cm³/mol. The number of amides is 1. The van der Waals surface area contributed by atoms with E-state index in [1.165, 1.54) is 51.5 Å². The third kappa shape index (κ3) is 4.51. The lowest BCUT2D eigenvalue weighted by molar-refractivity contribution is -0.114. The number of carbonyl (C=O) groups is 1. The molecule has 0 atom stereocenters. The van der Waals surface area contributed by atoms with Gasteiger partial charge in [-0.15, -0.1) is 0 Å². The Hall–Kier alpha value is -2.16. The van der Waals surface area contributed by atoms with Crippen LogP contribution < -0.4 is 19.0 Å². The zero-order valence-electron chi connectivity index (χ0n) is 14.0. The summed E-state index contributed by atoms with van der Waals surface area (Å²) in [4.78, 5) is 11.0. The van der Waals surface area contributed by atoms with Crippen molar-refractivity contribution in [3.8, 4) is 17.2 Å². The third-order valence-electron chi connectivity index (χ3n) is 3.16.